The summed E-state index contributed by atoms with van der Waals surface area (Å²) in [5, 5.41) is 8.26. The van der Waals surface area contributed by atoms with Crippen molar-refractivity contribution in [2.24, 2.45) is 0 Å². The van der Waals surface area contributed by atoms with Crippen LogP contribution >= 0.6 is 9.39 Å². The highest BCUT2D eigenvalue weighted by molar-refractivity contribution is 7.13. The highest BCUT2D eigenvalue weighted by Crippen LogP contribution is 2.09. The van der Waals surface area contributed by atoms with Crippen LogP contribution < -0.4 is 0 Å². The van der Waals surface area contributed by atoms with E-state index in [2.05, 4.69) is 14.1 Å². The summed E-state index contributed by atoms with van der Waals surface area (Å²) in [5.41, 5.74) is 0. The molecule has 0 amide bonds. The van der Waals surface area contributed by atoms with Gasteiger partial charge in [0.25, 0.3) is 0 Å². The molecule has 68 valence electrons. The van der Waals surface area contributed by atoms with Gasteiger partial charge in [-0.15, -0.1) is 0 Å². The van der Waals surface area contributed by atoms with Gasteiger partial charge in [0.05, 0.1) is 32.2 Å². The SMILES string of the molecule is N#CCCOC1CN(P)CCO1. The minimum Gasteiger partial charge on any atom is -0.350 e. The molecule has 2 atom stereocenters. The van der Waals surface area contributed by atoms with Crippen molar-refractivity contribution in [1.82, 2.24) is 4.67 Å². The van der Waals surface area contributed by atoms with Gasteiger partial charge in [-0.05, 0) is 0 Å². The van der Waals surface area contributed by atoms with Crippen LogP contribution in [0.4, 0.5) is 0 Å². The normalized spacial score (nSPS) is 25.2. The maximum absolute atomic E-state index is 8.26. The summed E-state index contributed by atoms with van der Waals surface area (Å²) in [7, 11) is 2.62. The number of morpholine rings is 1. The fraction of sp³-hybridized carbons (Fsp3) is 0.857. The van der Waals surface area contributed by atoms with E-state index < -0.39 is 0 Å². The molecular weight excluding hydrogens is 175 g/mol. The maximum Gasteiger partial charge on any atom is 0.170 e. The summed E-state index contributed by atoms with van der Waals surface area (Å²) in [6.07, 6.45) is 0.265. The number of hydrogen-bond donors (Lipinski definition) is 0. The van der Waals surface area contributed by atoms with Crippen molar-refractivity contribution < 1.29 is 9.47 Å². The van der Waals surface area contributed by atoms with E-state index in [1.165, 1.54) is 0 Å². The Morgan fingerprint density at radius 1 is 1.75 bits per heavy atom. The second-order valence-electron chi connectivity index (χ2n) is 2.57. The van der Waals surface area contributed by atoms with Crippen LogP contribution in [0.15, 0.2) is 0 Å². The van der Waals surface area contributed by atoms with Gasteiger partial charge in [0.15, 0.2) is 6.29 Å². The van der Waals surface area contributed by atoms with E-state index in [9.17, 15) is 0 Å². The third-order valence-electron chi connectivity index (χ3n) is 1.58. The van der Waals surface area contributed by atoms with Gasteiger partial charge >= 0.3 is 0 Å². The third kappa shape index (κ3) is 3.46. The summed E-state index contributed by atoms with van der Waals surface area (Å²) in [6.45, 7) is 2.83. The monoisotopic (exact) mass is 188 g/mol. The van der Waals surface area contributed by atoms with Crippen LogP contribution in [0.5, 0.6) is 0 Å². The van der Waals surface area contributed by atoms with E-state index in [1.807, 2.05) is 6.07 Å². The Hall–Kier alpha value is -0.200. The number of nitrogens with zero attached hydrogens (tertiary/aromatic N) is 2. The molecule has 0 saturated carbocycles. The van der Waals surface area contributed by atoms with Gasteiger partial charge in [-0.2, -0.15) is 5.26 Å². The zero-order valence-electron chi connectivity index (χ0n) is 6.90. The highest BCUT2D eigenvalue weighted by Gasteiger charge is 2.17. The lowest BCUT2D eigenvalue weighted by Crippen LogP contribution is -2.38. The first kappa shape index (κ1) is 9.88. The lowest BCUT2D eigenvalue weighted by molar-refractivity contribution is -0.165. The van der Waals surface area contributed by atoms with Gasteiger partial charge in [0.1, 0.15) is 0 Å². The van der Waals surface area contributed by atoms with Crippen LogP contribution in [0.1, 0.15) is 6.42 Å². The highest BCUT2D eigenvalue weighted by atomic mass is 31.0. The molecule has 0 aromatic heterocycles. The Balaban J connectivity index is 2.11. The standard InChI is InChI=1S/C7H13N2O2P/c8-2-1-4-10-7-6-9(12)3-5-11-7/h7H,1,3-6,12H2. The van der Waals surface area contributed by atoms with Crippen molar-refractivity contribution in [2.45, 2.75) is 12.7 Å². The summed E-state index contributed by atoms with van der Waals surface area (Å²) >= 11 is 0. The quantitative estimate of drug-likeness (QED) is 0.474. The average Bonchev–Trinajstić information content (AvgIpc) is 2.05. The van der Waals surface area contributed by atoms with E-state index in [0.717, 1.165) is 13.1 Å². The topological polar surface area (TPSA) is 45.5 Å². The van der Waals surface area contributed by atoms with Crippen LogP contribution in [0.3, 0.4) is 0 Å². The van der Waals surface area contributed by atoms with Gasteiger partial charge in [-0.25, -0.2) is 0 Å². The summed E-state index contributed by atoms with van der Waals surface area (Å²) in [6, 6.07) is 2.02. The Kier molecular flexibility index (Phi) is 4.49. The molecule has 1 saturated heterocycles. The molecule has 1 aliphatic heterocycles. The molecule has 0 radical (unpaired) electrons. The second-order valence-corrected chi connectivity index (χ2v) is 3.30. The smallest absolute Gasteiger partial charge is 0.170 e. The average molecular weight is 188 g/mol. The fourth-order valence-electron chi connectivity index (χ4n) is 0.974. The van der Waals surface area contributed by atoms with Crippen LogP contribution in [0, 0.1) is 11.3 Å². The van der Waals surface area contributed by atoms with E-state index in [4.69, 9.17) is 14.7 Å². The van der Waals surface area contributed by atoms with Crippen LogP contribution in [-0.2, 0) is 9.47 Å². The molecule has 0 aromatic carbocycles. The Morgan fingerprint density at radius 3 is 3.25 bits per heavy atom. The van der Waals surface area contributed by atoms with E-state index >= 15 is 0 Å². The molecule has 1 fully saturated rings. The molecule has 1 aliphatic rings. The van der Waals surface area contributed by atoms with Crippen molar-refractivity contribution in [2.75, 3.05) is 26.3 Å². The summed E-state index contributed by atoms with van der Waals surface area (Å²) < 4.78 is 12.7. The van der Waals surface area contributed by atoms with Crippen LogP contribution in [0.2, 0.25) is 0 Å². The molecule has 0 bridgehead atoms. The van der Waals surface area contributed by atoms with Crippen LogP contribution in [-0.4, -0.2) is 37.3 Å². The molecule has 0 N–H and O–H groups in total. The molecule has 1 rings (SSSR count). The van der Waals surface area contributed by atoms with Gasteiger partial charge in [-0.1, -0.05) is 9.39 Å². The first-order valence-corrected chi connectivity index (χ1v) is 4.44. The fourth-order valence-corrected chi connectivity index (χ4v) is 1.25. The molecule has 0 spiro atoms. The number of hydrogen-bond acceptors (Lipinski definition) is 4. The van der Waals surface area contributed by atoms with E-state index in [-0.39, 0.29) is 6.29 Å². The first-order valence-electron chi connectivity index (χ1n) is 3.92. The molecular formula is C7H13N2O2P. The predicted octanol–water partition coefficient (Wildman–Crippen LogP) is 0.365. The number of rotatable bonds is 3. The van der Waals surface area contributed by atoms with Gasteiger partial charge in [0, 0.05) is 6.54 Å². The molecule has 2 unspecified atom stereocenters. The minimum absolute atomic E-state index is 0.162. The minimum atomic E-state index is -0.162. The second kappa shape index (κ2) is 5.45. The Morgan fingerprint density at radius 2 is 2.58 bits per heavy atom. The van der Waals surface area contributed by atoms with Crippen molar-refractivity contribution in [1.29, 1.82) is 5.26 Å². The molecule has 5 heteroatoms. The Labute approximate surface area is 74.7 Å². The molecule has 0 aliphatic carbocycles. The largest absolute Gasteiger partial charge is 0.350 e. The van der Waals surface area contributed by atoms with Crippen molar-refractivity contribution in [3.63, 3.8) is 0 Å². The van der Waals surface area contributed by atoms with Crippen molar-refractivity contribution in [3.8, 4) is 6.07 Å². The lowest BCUT2D eigenvalue weighted by Gasteiger charge is -2.29. The zero-order valence-corrected chi connectivity index (χ0v) is 8.06. The van der Waals surface area contributed by atoms with Crippen molar-refractivity contribution >= 4 is 9.39 Å². The maximum atomic E-state index is 8.26. The van der Waals surface area contributed by atoms with Crippen LogP contribution in [0.25, 0.3) is 0 Å². The molecule has 12 heavy (non-hydrogen) atoms. The lowest BCUT2D eigenvalue weighted by atomic mass is 10.5. The summed E-state index contributed by atoms with van der Waals surface area (Å²) in [5.74, 6) is 0. The predicted molar refractivity (Wildman–Crippen MR) is 47.2 cm³/mol. The number of ether oxygens (including phenoxy) is 2. The first-order chi connectivity index (χ1) is 5.83. The zero-order chi connectivity index (χ0) is 8.81. The van der Waals surface area contributed by atoms with E-state index in [1.54, 1.807) is 0 Å². The Bertz CT molecular complexity index is 171. The molecule has 1 heterocycles. The molecule has 0 aromatic rings. The number of nitriles is 1. The third-order valence-corrected chi connectivity index (χ3v) is 2.05. The summed E-state index contributed by atoms with van der Waals surface area (Å²) in [4.78, 5) is 0. The van der Waals surface area contributed by atoms with Gasteiger partial charge in [-0.3, -0.25) is 4.67 Å². The molecule has 4 nitrogen and oxygen atoms in total. The van der Waals surface area contributed by atoms with Gasteiger partial charge < -0.3 is 9.47 Å². The van der Waals surface area contributed by atoms with Crippen molar-refractivity contribution in [3.05, 3.63) is 0 Å². The van der Waals surface area contributed by atoms with E-state index in [0.29, 0.717) is 19.6 Å². The van der Waals surface area contributed by atoms with Gasteiger partial charge in [0.2, 0.25) is 0 Å².